The molecule has 0 atom stereocenters. The Balaban J connectivity index is 3.09. The summed E-state index contributed by atoms with van der Waals surface area (Å²) in [6.07, 6.45) is 0. The number of anilines is 1. The molecule has 0 bridgehead atoms. The summed E-state index contributed by atoms with van der Waals surface area (Å²) in [6.45, 7) is 1.90. The van der Waals surface area contributed by atoms with Crippen molar-refractivity contribution in [1.82, 2.24) is 0 Å². The zero-order chi connectivity index (χ0) is 9.14. The maximum atomic E-state index is 12.8. The SMILES string of the molecule is CCSc1cc(F)cc(F)c1N. The molecule has 0 aliphatic heterocycles. The van der Waals surface area contributed by atoms with Gasteiger partial charge >= 0.3 is 0 Å². The van der Waals surface area contributed by atoms with Gasteiger partial charge in [0, 0.05) is 11.0 Å². The summed E-state index contributed by atoms with van der Waals surface area (Å²) in [7, 11) is 0. The molecule has 0 radical (unpaired) electrons. The predicted molar refractivity (Wildman–Crippen MR) is 47.2 cm³/mol. The number of benzene rings is 1. The van der Waals surface area contributed by atoms with Crippen LogP contribution in [0.1, 0.15) is 6.92 Å². The third-order valence-electron chi connectivity index (χ3n) is 1.36. The first-order valence-corrected chi connectivity index (χ1v) is 4.51. The number of thioether (sulfide) groups is 1. The molecule has 1 aromatic rings. The molecule has 0 aromatic heterocycles. The van der Waals surface area contributed by atoms with Gasteiger partial charge in [-0.15, -0.1) is 11.8 Å². The number of nitrogen functional groups attached to an aromatic ring is 1. The monoisotopic (exact) mass is 189 g/mol. The van der Waals surface area contributed by atoms with Gasteiger partial charge in [-0.25, -0.2) is 8.78 Å². The smallest absolute Gasteiger partial charge is 0.150 e. The molecule has 66 valence electrons. The van der Waals surface area contributed by atoms with Gasteiger partial charge in [0.15, 0.2) is 0 Å². The van der Waals surface area contributed by atoms with E-state index < -0.39 is 11.6 Å². The van der Waals surface area contributed by atoms with E-state index in [0.29, 0.717) is 4.90 Å². The van der Waals surface area contributed by atoms with Gasteiger partial charge in [0.1, 0.15) is 11.6 Å². The Kier molecular flexibility index (Phi) is 2.92. The lowest BCUT2D eigenvalue weighted by molar-refractivity contribution is 0.581. The van der Waals surface area contributed by atoms with Gasteiger partial charge < -0.3 is 5.73 Å². The van der Waals surface area contributed by atoms with Crippen LogP contribution in [0.4, 0.5) is 14.5 Å². The minimum Gasteiger partial charge on any atom is -0.395 e. The van der Waals surface area contributed by atoms with E-state index in [1.807, 2.05) is 6.92 Å². The van der Waals surface area contributed by atoms with Crippen molar-refractivity contribution in [2.45, 2.75) is 11.8 Å². The van der Waals surface area contributed by atoms with Crippen molar-refractivity contribution in [3.8, 4) is 0 Å². The zero-order valence-corrected chi connectivity index (χ0v) is 7.42. The van der Waals surface area contributed by atoms with Gasteiger partial charge in [-0.05, 0) is 11.8 Å². The zero-order valence-electron chi connectivity index (χ0n) is 6.60. The first-order chi connectivity index (χ1) is 5.65. The van der Waals surface area contributed by atoms with E-state index in [0.717, 1.165) is 11.8 Å². The van der Waals surface area contributed by atoms with E-state index in [1.165, 1.54) is 17.8 Å². The summed E-state index contributed by atoms with van der Waals surface area (Å²) >= 11 is 1.33. The van der Waals surface area contributed by atoms with Crippen LogP contribution < -0.4 is 5.73 Å². The number of hydrogen-bond donors (Lipinski definition) is 1. The number of nitrogens with two attached hydrogens (primary N) is 1. The van der Waals surface area contributed by atoms with Crippen LogP contribution >= 0.6 is 11.8 Å². The van der Waals surface area contributed by atoms with Gasteiger partial charge in [0.2, 0.25) is 0 Å². The molecule has 1 nitrogen and oxygen atoms in total. The van der Waals surface area contributed by atoms with Crippen molar-refractivity contribution >= 4 is 17.4 Å². The topological polar surface area (TPSA) is 26.0 Å². The largest absolute Gasteiger partial charge is 0.395 e. The molecule has 1 rings (SSSR count). The van der Waals surface area contributed by atoms with Crippen molar-refractivity contribution in [1.29, 1.82) is 0 Å². The highest BCUT2D eigenvalue weighted by Crippen LogP contribution is 2.27. The van der Waals surface area contributed by atoms with Gasteiger partial charge in [0.05, 0.1) is 5.69 Å². The summed E-state index contributed by atoms with van der Waals surface area (Å²) in [5, 5.41) is 0. The van der Waals surface area contributed by atoms with Gasteiger partial charge in [-0.2, -0.15) is 0 Å². The van der Waals surface area contributed by atoms with Crippen LogP contribution in [0.3, 0.4) is 0 Å². The maximum Gasteiger partial charge on any atom is 0.150 e. The average Bonchev–Trinajstić information content (AvgIpc) is 2.00. The molecule has 0 saturated heterocycles. The molecule has 0 aliphatic rings. The quantitative estimate of drug-likeness (QED) is 0.571. The molecular formula is C8H9F2NS. The normalized spacial score (nSPS) is 10.2. The second-order valence-electron chi connectivity index (χ2n) is 2.23. The Hall–Kier alpha value is -0.770. The molecular weight excluding hydrogens is 180 g/mol. The Morgan fingerprint density at radius 1 is 1.42 bits per heavy atom. The lowest BCUT2D eigenvalue weighted by Gasteiger charge is -2.04. The van der Waals surface area contributed by atoms with Crippen LogP contribution in [0, 0.1) is 11.6 Å². The molecule has 0 aliphatic carbocycles. The Bertz CT molecular complexity index is 289. The molecule has 2 N–H and O–H groups in total. The fourth-order valence-electron chi connectivity index (χ4n) is 0.836. The maximum absolute atomic E-state index is 12.8. The summed E-state index contributed by atoms with van der Waals surface area (Å²) in [5.41, 5.74) is 5.41. The first kappa shape index (κ1) is 9.32. The van der Waals surface area contributed by atoms with Crippen LogP contribution in [-0.4, -0.2) is 5.75 Å². The van der Waals surface area contributed by atoms with Gasteiger partial charge in [-0.1, -0.05) is 6.92 Å². The van der Waals surface area contributed by atoms with E-state index in [4.69, 9.17) is 5.73 Å². The molecule has 0 heterocycles. The van der Waals surface area contributed by atoms with Gasteiger partial charge in [-0.3, -0.25) is 0 Å². The summed E-state index contributed by atoms with van der Waals surface area (Å²) in [4.78, 5) is 0.468. The summed E-state index contributed by atoms with van der Waals surface area (Å²) < 4.78 is 25.4. The first-order valence-electron chi connectivity index (χ1n) is 3.52. The van der Waals surface area contributed by atoms with Crippen LogP contribution in [0.5, 0.6) is 0 Å². The molecule has 1 aromatic carbocycles. The summed E-state index contributed by atoms with van der Waals surface area (Å²) in [5.74, 6) is -0.531. The molecule has 0 spiro atoms. The lowest BCUT2D eigenvalue weighted by Crippen LogP contribution is -1.95. The highest BCUT2D eigenvalue weighted by Gasteiger charge is 2.07. The standard InChI is InChI=1S/C8H9F2NS/c1-2-12-7-4-5(9)3-6(10)8(7)11/h3-4H,2,11H2,1H3. The number of halogens is 2. The molecule has 0 amide bonds. The molecule has 0 fully saturated rings. The highest BCUT2D eigenvalue weighted by atomic mass is 32.2. The lowest BCUT2D eigenvalue weighted by atomic mass is 10.3. The molecule has 0 saturated carbocycles. The molecule has 0 unspecified atom stereocenters. The number of rotatable bonds is 2. The highest BCUT2D eigenvalue weighted by molar-refractivity contribution is 7.99. The second-order valence-corrected chi connectivity index (χ2v) is 3.54. The minimum atomic E-state index is -0.689. The predicted octanol–water partition coefficient (Wildman–Crippen LogP) is 2.66. The Morgan fingerprint density at radius 3 is 2.67 bits per heavy atom. The van der Waals surface area contributed by atoms with Crippen LogP contribution in [-0.2, 0) is 0 Å². The molecule has 4 heteroatoms. The van der Waals surface area contributed by atoms with Gasteiger partial charge in [0.25, 0.3) is 0 Å². The van der Waals surface area contributed by atoms with Crippen molar-refractivity contribution < 1.29 is 8.78 Å². The van der Waals surface area contributed by atoms with E-state index in [1.54, 1.807) is 0 Å². The van der Waals surface area contributed by atoms with Crippen molar-refractivity contribution in [2.24, 2.45) is 0 Å². The van der Waals surface area contributed by atoms with E-state index >= 15 is 0 Å². The van der Waals surface area contributed by atoms with Crippen molar-refractivity contribution in [2.75, 3.05) is 11.5 Å². The minimum absolute atomic E-state index is 0.0308. The van der Waals surface area contributed by atoms with Crippen molar-refractivity contribution in [3.63, 3.8) is 0 Å². The average molecular weight is 189 g/mol. The van der Waals surface area contributed by atoms with Crippen LogP contribution in [0.25, 0.3) is 0 Å². The Morgan fingerprint density at radius 2 is 2.08 bits per heavy atom. The van der Waals surface area contributed by atoms with Crippen LogP contribution in [0.15, 0.2) is 17.0 Å². The fourth-order valence-corrected chi connectivity index (χ4v) is 1.60. The van der Waals surface area contributed by atoms with E-state index in [2.05, 4.69) is 0 Å². The van der Waals surface area contributed by atoms with Crippen molar-refractivity contribution in [3.05, 3.63) is 23.8 Å². The van der Waals surface area contributed by atoms with Crippen LogP contribution in [0.2, 0.25) is 0 Å². The fraction of sp³-hybridized carbons (Fsp3) is 0.250. The summed E-state index contributed by atoms with van der Waals surface area (Å²) in [6, 6.07) is 2.03. The van der Waals surface area contributed by atoms with E-state index in [9.17, 15) is 8.78 Å². The van der Waals surface area contributed by atoms with E-state index in [-0.39, 0.29) is 5.69 Å². The third-order valence-corrected chi connectivity index (χ3v) is 2.29. The second kappa shape index (κ2) is 3.76. The third kappa shape index (κ3) is 1.88. The Labute approximate surface area is 74.0 Å². The molecule has 12 heavy (non-hydrogen) atoms. The number of hydrogen-bond acceptors (Lipinski definition) is 2.